The SMILES string of the molecule is O=C(O)C1CCN(S(=O)(=O)c2c[nH]c3ccccc23)C1. The molecule has 0 amide bonds. The highest BCUT2D eigenvalue weighted by molar-refractivity contribution is 7.89. The summed E-state index contributed by atoms with van der Waals surface area (Å²) in [5.41, 5.74) is 0.750. The fraction of sp³-hybridized carbons (Fsp3) is 0.308. The number of carboxylic acids is 1. The Balaban J connectivity index is 1.99. The van der Waals surface area contributed by atoms with E-state index < -0.39 is 21.9 Å². The molecule has 6 nitrogen and oxygen atoms in total. The molecule has 1 unspecified atom stereocenters. The van der Waals surface area contributed by atoms with Gasteiger partial charge in [-0.3, -0.25) is 4.79 Å². The molecule has 1 aliphatic heterocycles. The number of carbonyl (C=O) groups is 1. The Morgan fingerprint density at radius 3 is 2.80 bits per heavy atom. The average molecular weight is 294 g/mol. The highest BCUT2D eigenvalue weighted by atomic mass is 32.2. The van der Waals surface area contributed by atoms with Crippen molar-refractivity contribution in [1.29, 1.82) is 0 Å². The number of rotatable bonds is 3. The van der Waals surface area contributed by atoms with Gasteiger partial charge in [-0.25, -0.2) is 8.42 Å². The normalized spacial score (nSPS) is 20.5. The first-order chi connectivity index (χ1) is 9.50. The second kappa shape index (κ2) is 4.60. The summed E-state index contributed by atoms with van der Waals surface area (Å²) in [6, 6.07) is 7.15. The Labute approximate surface area is 116 Å². The molecular formula is C13H14N2O4S. The van der Waals surface area contributed by atoms with Gasteiger partial charge in [0.1, 0.15) is 4.90 Å². The van der Waals surface area contributed by atoms with Crippen molar-refractivity contribution in [3.8, 4) is 0 Å². The summed E-state index contributed by atoms with van der Waals surface area (Å²) in [6.07, 6.45) is 1.82. The van der Waals surface area contributed by atoms with Crippen LogP contribution in [0.4, 0.5) is 0 Å². The summed E-state index contributed by atoms with van der Waals surface area (Å²) in [6.45, 7) is 0.288. The lowest BCUT2D eigenvalue weighted by Gasteiger charge is -2.15. The molecule has 2 aromatic rings. The number of sulfonamides is 1. The fourth-order valence-corrected chi connectivity index (χ4v) is 4.21. The minimum atomic E-state index is -3.65. The molecule has 1 fully saturated rings. The molecular weight excluding hydrogens is 280 g/mol. The van der Waals surface area contributed by atoms with Gasteiger partial charge in [0.15, 0.2) is 0 Å². The van der Waals surface area contributed by atoms with Gasteiger partial charge in [0.25, 0.3) is 0 Å². The maximum absolute atomic E-state index is 12.6. The van der Waals surface area contributed by atoms with Crippen LogP contribution in [0.1, 0.15) is 6.42 Å². The zero-order chi connectivity index (χ0) is 14.3. The van der Waals surface area contributed by atoms with E-state index in [0.29, 0.717) is 11.8 Å². The maximum Gasteiger partial charge on any atom is 0.307 e. The van der Waals surface area contributed by atoms with E-state index in [2.05, 4.69) is 4.98 Å². The van der Waals surface area contributed by atoms with E-state index in [9.17, 15) is 13.2 Å². The van der Waals surface area contributed by atoms with E-state index in [1.54, 1.807) is 18.2 Å². The van der Waals surface area contributed by atoms with Crippen molar-refractivity contribution in [2.75, 3.05) is 13.1 Å². The molecule has 0 saturated carbocycles. The van der Waals surface area contributed by atoms with Crippen LogP contribution in [0.2, 0.25) is 0 Å². The molecule has 1 aliphatic rings. The van der Waals surface area contributed by atoms with Gasteiger partial charge in [0.05, 0.1) is 5.92 Å². The molecule has 1 saturated heterocycles. The van der Waals surface area contributed by atoms with Gasteiger partial charge in [-0.1, -0.05) is 18.2 Å². The third-order valence-electron chi connectivity index (χ3n) is 3.67. The van der Waals surface area contributed by atoms with Crippen molar-refractivity contribution >= 4 is 26.9 Å². The molecule has 0 radical (unpaired) electrons. The molecule has 0 aliphatic carbocycles. The predicted molar refractivity (Wildman–Crippen MR) is 72.8 cm³/mol. The number of nitrogens with one attached hydrogen (secondary N) is 1. The minimum absolute atomic E-state index is 0.0389. The molecule has 1 atom stereocenters. The van der Waals surface area contributed by atoms with Crippen LogP contribution in [0.5, 0.6) is 0 Å². The minimum Gasteiger partial charge on any atom is -0.481 e. The summed E-state index contributed by atoms with van der Waals surface area (Å²) < 4.78 is 26.4. The topological polar surface area (TPSA) is 90.5 Å². The van der Waals surface area contributed by atoms with Crippen molar-refractivity contribution in [3.63, 3.8) is 0 Å². The average Bonchev–Trinajstić information content (AvgIpc) is 3.06. The van der Waals surface area contributed by atoms with Gasteiger partial charge >= 0.3 is 5.97 Å². The van der Waals surface area contributed by atoms with Crippen molar-refractivity contribution in [3.05, 3.63) is 30.5 Å². The number of para-hydroxylation sites is 1. The first-order valence-electron chi connectivity index (χ1n) is 6.29. The van der Waals surface area contributed by atoms with E-state index in [4.69, 9.17) is 5.11 Å². The summed E-state index contributed by atoms with van der Waals surface area (Å²) in [5, 5.41) is 9.60. The third-order valence-corrected chi connectivity index (χ3v) is 5.57. The number of aromatic amines is 1. The van der Waals surface area contributed by atoms with Gasteiger partial charge in [-0.05, 0) is 12.5 Å². The number of H-pyrrole nitrogens is 1. The van der Waals surface area contributed by atoms with Gasteiger partial charge in [0, 0.05) is 30.2 Å². The second-order valence-electron chi connectivity index (χ2n) is 4.89. The molecule has 0 spiro atoms. The summed E-state index contributed by atoms with van der Waals surface area (Å²) in [4.78, 5) is 14.1. The maximum atomic E-state index is 12.6. The zero-order valence-corrected chi connectivity index (χ0v) is 11.4. The van der Waals surface area contributed by atoms with Crippen molar-refractivity contribution in [1.82, 2.24) is 9.29 Å². The fourth-order valence-electron chi connectivity index (χ4n) is 2.55. The summed E-state index contributed by atoms with van der Waals surface area (Å²) in [5.74, 6) is -1.56. The number of nitrogens with zero attached hydrogens (tertiary/aromatic N) is 1. The zero-order valence-electron chi connectivity index (χ0n) is 10.6. The standard InChI is InChI=1S/C13H14N2O4S/c16-13(17)9-5-6-15(8-9)20(18,19)12-7-14-11-4-2-1-3-10(11)12/h1-4,7,9,14H,5-6,8H2,(H,16,17). The van der Waals surface area contributed by atoms with Gasteiger partial charge in [0.2, 0.25) is 10.0 Å². The number of aromatic nitrogens is 1. The van der Waals surface area contributed by atoms with Gasteiger partial charge in [-0.2, -0.15) is 4.31 Å². The van der Waals surface area contributed by atoms with Crippen LogP contribution in [0.25, 0.3) is 10.9 Å². The van der Waals surface area contributed by atoms with Crippen molar-refractivity contribution in [2.24, 2.45) is 5.92 Å². The first-order valence-corrected chi connectivity index (χ1v) is 7.73. The number of hydrogen-bond acceptors (Lipinski definition) is 3. The quantitative estimate of drug-likeness (QED) is 0.891. The molecule has 1 aromatic carbocycles. The van der Waals surface area contributed by atoms with E-state index in [1.165, 1.54) is 10.5 Å². The van der Waals surface area contributed by atoms with Crippen LogP contribution in [0.15, 0.2) is 35.4 Å². The van der Waals surface area contributed by atoms with Crippen LogP contribution in [-0.2, 0) is 14.8 Å². The number of carboxylic acid groups (broad SMARTS) is 1. The Bertz CT molecular complexity index is 766. The second-order valence-corrected chi connectivity index (χ2v) is 6.79. The smallest absolute Gasteiger partial charge is 0.307 e. The van der Waals surface area contributed by atoms with Crippen LogP contribution in [0.3, 0.4) is 0 Å². The number of benzene rings is 1. The highest BCUT2D eigenvalue weighted by Gasteiger charge is 2.36. The Kier molecular flexibility index (Phi) is 3.02. The largest absolute Gasteiger partial charge is 0.481 e. The predicted octanol–water partition coefficient (Wildman–Crippen LogP) is 1.26. The van der Waals surface area contributed by atoms with E-state index in [-0.39, 0.29) is 18.0 Å². The lowest BCUT2D eigenvalue weighted by Crippen LogP contribution is -2.29. The number of fused-ring (bicyclic) bond motifs is 1. The number of aliphatic carboxylic acids is 1. The van der Waals surface area contributed by atoms with Crippen molar-refractivity contribution < 1.29 is 18.3 Å². The molecule has 2 heterocycles. The molecule has 2 N–H and O–H groups in total. The lowest BCUT2D eigenvalue weighted by atomic mass is 10.1. The molecule has 1 aromatic heterocycles. The van der Waals surface area contributed by atoms with Gasteiger partial charge in [-0.15, -0.1) is 0 Å². The molecule has 7 heteroatoms. The Morgan fingerprint density at radius 2 is 2.10 bits per heavy atom. The van der Waals surface area contributed by atoms with Crippen LogP contribution < -0.4 is 0 Å². The van der Waals surface area contributed by atoms with E-state index in [0.717, 1.165) is 5.52 Å². The molecule has 20 heavy (non-hydrogen) atoms. The monoisotopic (exact) mass is 294 g/mol. The highest BCUT2D eigenvalue weighted by Crippen LogP contribution is 2.29. The van der Waals surface area contributed by atoms with Crippen molar-refractivity contribution in [2.45, 2.75) is 11.3 Å². The molecule has 106 valence electrons. The van der Waals surface area contributed by atoms with Crippen LogP contribution in [-0.4, -0.2) is 41.9 Å². The van der Waals surface area contributed by atoms with E-state index >= 15 is 0 Å². The number of hydrogen-bond donors (Lipinski definition) is 2. The first kappa shape index (κ1) is 13.1. The lowest BCUT2D eigenvalue weighted by molar-refractivity contribution is -0.141. The van der Waals surface area contributed by atoms with Crippen LogP contribution in [0, 0.1) is 5.92 Å². The summed E-state index contributed by atoms with van der Waals surface area (Å²) in [7, 11) is -3.65. The summed E-state index contributed by atoms with van der Waals surface area (Å²) >= 11 is 0. The Hall–Kier alpha value is -1.86. The van der Waals surface area contributed by atoms with Crippen LogP contribution >= 0.6 is 0 Å². The Morgan fingerprint density at radius 1 is 1.35 bits per heavy atom. The molecule has 3 rings (SSSR count). The third kappa shape index (κ3) is 1.99. The van der Waals surface area contributed by atoms with Gasteiger partial charge < -0.3 is 10.1 Å². The van der Waals surface area contributed by atoms with E-state index in [1.807, 2.05) is 6.07 Å². The molecule has 0 bridgehead atoms.